The van der Waals surface area contributed by atoms with E-state index in [1.807, 2.05) is 0 Å². The largest absolute Gasteiger partial charge is 0.393 e. The lowest BCUT2D eigenvalue weighted by Crippen LogP contribution is -2.45. The van der Waals surface area contributed by atoms with Gasteiger partial charge in [0.1, 0.15) is 0 Å². The molecule has 1 saturated carbocycles. The quantitative estimate of drug-likeness (QED) is 0.751. The molecule has 0 saturated heterocycles. The second kappa shape index (κ2) is 5.72. The van der Waals surface area contributed by atoms with Crippen molar-refractivity contribution in [2.45, 2.75) is 58.6 Å². The molecule has 0 aromatic heterocycles. The molecule has 3 unspecified atom stereocenters. The zero-order valence-electron chi connectivity index (χ0n) is 9.87. The molecule has 0 heterocycles. The van der Waals surface area contributed by atoms with E-state index in [-0.39, 0.29) is 6.10 Å². The third kappa shape index (κ3) is 2.71. The van der Waals surface area contributed by atoms with Crippen molar-refractivity contribution >= 4 is 0 Å². The van der Waals surface area contributed by atoms with Crippen molar-refractivity contribution in [1.82, 2.24) is 4.90 Å². The van der Waals surface area contributed by atoms with E-state index in [0.717, 1.165) is 31.8 Å². The summed E-state index contributed by atoms with van der Waals surface area (Å²) in [5.74, 6) is 0.804. The molecular weight excluding hydrogens is 174 g/mol. The Bertz CT molecular complexity index is 149. The Morgan fingerprint density at radius 2 is 1.79 bits per heavy atom. The van der Waals surface area contributed by atoms with Crippen LogP contribution >= 0.6 is 0 Å². The predicted octanol–water partition coefficient (Wildman–Crippen LogP) is 2.27. The van der Waals surface area contributed by atoms with E-state index in [1.54, 1.807) is 0 Å². The van der Waals surface area contributed by atoms with Crippen LogP contribution < -0.4 is 0 Å². The van der Waals surface area contributed by atoms with Crippen LogP contribution in [-0.4, -0.2) is 35.2 Å². The van der Waals surface area contributed by atoms with Crippen molar-refractivity contribution in [2.75, 3.05) is 13.1 Å². The van der Waals surface area contributed by atoms with Crippen molar-refractivity contribution in [3.05, 3.63) is 0 Å². The molecule has 14 heavy (non-hydrogen) atoms. The third-order valence-corrected chi connectivity index (χ3v) is 3.73. The van der Waals surface area contributed by atoms with E-state index in [9.17, 15) is 5.11 Å². The minimum Gasteiger partial charge on any atom is -0.393 e. The van der Waals surface area contributed by atoms with E-state index in [1.165, 1.54) is 12.8 Å². The van der Waals surface area contributed by atoms with Gasteiger partial charge in [-0.2, -0.15) is 0 Å². The average Bonchev–Trinajstić information content (AvgIpc) is 2.20. The van der Waals surface area contributed by atoms with Crippen molar-refractivity contribution in [2.24, 2.45) is 5.92 Å². The Balaban J connectivity index is 2.59. The fourth-order valence-corrected chi connectivity index (χ4v) is 2.80. The number of aliphatic hydroxyl groups excluding tert-OH is 1. The topological polar surface area (TPSA) is 23.5 Å². The van der Waals surface area contributed by atoms with Gasteiger partial charge >= 0.3 is 0 Å². The SMILES string of the molecule is CCC1CCC(O)CC1N(CC)CC. The van der Waals surface area contributed by atoms with Gasteiger partial charge in [-0.1, -0.05) is 27.2 Å². The molecule has 0 amide bonds. The summed E-state index contributed by atoms with van der Waals surface area (Å²) in [6.45, 7) is 8.95. The maximum atomic E-state index is 9.71. The Hall–Kier alpha value is -0.0800. The highest BCUT2D eigenvalue weighted by atomic mass is 16.3. The molecule has 0 aromatic carbocycles. The van der Waals surface area contributed by atoms with E-state index in [2.05, 4.69) is 25.7 Å². The van der Waals surface area contributed by atoms with E-state index in [0.29, 0.717) is 6.04 Å². The summed E-state index contributed by atoms with van der Waals surface area (Å²) in [4.78, 5) is 2.51. The van der Waals surface area contributed by atoms with Gasteiger partial charge in [-0.15, -0.1) is 0 Å². The summed E-state index contributed by atoms with van der Waals surface area (Å²) < 4.78 is 0. The van der Waals surface area contributed by atoms with Crippen LogP contribution in [-0.2, 0) is 0 Å². The third-order valence-electron chi connectivity index (χ3n) is 3.73. The lowest BCUT2D eigenvalue weighted by molar-refractivity contribution is 0.0299. The summed E-state index contributed by atoms with van der Waals surface area (Å²) in [6, 6.07) is 0.624. The Morgan fingerprint density at radius 3 is 2.29 bits per heavy atom. The van der Waals surface area contributed by atoms with Gasteiger partial charge in [0.05, 0.1) is 6.10 Å². The minimum atomic E-state index is -0.0524. The van der Waals surface area contributed by atoms with E-state index in [4.69, 9.17) is 0 Å². The van der Waals surface area contributed by atoms with Crippen molar-refractivity contribution in [1.29, 1.82) is 0 Å². The Morgan fingerprint density at radius 1 is 1.14 bits per heavy atom. The molecule has 0 radical (unpaired) electrons. The van der Waals surface area contributed by atoms with Gasteiger partial charge in [-0.3, -0.25) is 0 Å². The molecule has 84 valence electrons. The Kier molecular flexibility index (Phi) is 4.90. The smallest absolute Gasteiger partial charge is 0.0555 e. The predicted molar refractivity (Wildman–Crippen MR) is 60.3 cm³/mol. The van der Waals surface area contributed by atoms with Crippen LogP contribution in [0.3, 0.4) is 0 Å². The second-order valence-electron chi connectivity index (χ2n) is 4.42. The zero-order chi connectivity index (χ0) is 10.6. The highest BCUT2D eigenvalue weighted by molar-refractivity contribution is 4.85. The normalized spacial score (nSPS) is 33.6. The maximum Gasteiger partial charge on any atom is 0.0555 e. The van der Waals surface area contributed by atoms with E-state index < -0.39 is 0 Å². The summed E-state index contributed by atoms with van der Waals surface area (Å²) in [7, 11) is 0. The van der Waals surface area contributed by atoms with Gasteiger partial charge in [0, 0.05) is 6.04 Å². The van der Waals surface area contributed by atoms with Crippen molar-refractivity contribution in [3.63, 3.8) is 0 Å². The first kappa shape index (κ1) is 12.0. The summed E-state index contributed by atoms with van der Waals surface area (Å²) in [5.41, 5.74) is 0. The first-order valence-corrected chi connectivity index (χ1v) is 6.14. The van der Waals surface area contributed by atoms with Gasteiger partial charge in [-0.25, -0.2) is 0 Å². The van der Waals surface area contributed by atoms with Gasteiger partial charge < -0.3 is 10.0 Å². The van der Waals surface area contributed by atoms with Gasteiger partial charge in [0.2, 0.25) is 0 Å². The molecule has 1 N–H and O–H groups in total. The lowest BCUT2D eigenvalue weighted by atomic mass is 9.80. The van der Waals surface area contributed by atoms with Crippen LogP contribution in [0.5, 0.6) is 0 Å². The van der Waals surface area contributed by atoms with Crippen LogP contribution in [0.15, 0.2) is 0 Å². The molecule has 1 rings (SSSR count). The molecular formula is C12H25NO. The standard InChI is InChI=1S/C12H25NO/c1-4-10-7-8-11(14)9-12(10)13(5-2)6-3/h10-12,14H,4-9H2,1-3H3. The first-order valence-electron chi connectivity index (χ1n) is 6.14. The molecule has 0 aliphatic heterocycles. The molecule has 0 spiro atoms. The molecule has 1 aliphatic rings. The van der Waals surface area contributed by atoms with Gasteiger partial charge in [0.25, 0.3) is 0 Å². The highest BCUT2D eigenvalue weighted by Gasteiger charge is 2.31. The molecule has 3 atom stereocenters. The van der Waals surface area contributed by atoms with Crippen LogP contribution in [0.1, 0.15) is 46.5 Å². The lowest BCUT2D eigenvalue weighted by Gasteiger charge is -2.40. The van der Waals surface area contributed by atoms with Crippen LogP contribution in [0.25, 0.3) is 0 Å². The first-order chi connectivity index (χ1) is 6.72. The van der Waals surface area contributed by atoms with Gasteiger partial charge in [0.15, 0.2) is 0 Å². The fourth-order valence-electron chi connectivity index (χ4n) is 2.80. The van der Waals surface area contributed by atoms with Crippen LogP contribution in [0.2, 0.25) is 0 Å². The summed E-state index contributed by atoms with van der Waals surface area (Å²) in [5, 5.41) is 9.71. The molecule has 2 heteroatoms. The van der Waals surface area contributed by atoms with E-state index >= 15 is 0 Å². The second-order valence-corrected chi connectivity index (χ2v) is 4.42. The fraction of sp³-hybridized carbons (Fsp3) is 1.00. The number of hydrogen-bond acceptors (Lipinski definition) is 2. The van der Waals surface area contributed by atoms with Crippen molar-refractivity contribution < 1.29 is 5.11 Å². The molecule has 0 aromatic rings. The minimum absolute atomic E-state index is 0.0524. The number of aliphatic hydroxyl groups is 1. The molecule has 0 bridgehead atoms. The van der Waals surface area contributed by atoms with Crippen molar-refractivity contribution in [3.8, 4) is 0 Å². The summed E-state index contributed by atoms with van der Waals surface area (Å²) >= 11 is 0. The molecule has 2 nitrogen and oxygen atoms in total. The molecule has 1 fully saturated rings. The average molecular weight is 199 g/mol. The number of hydrogen-bond donors (Lipinski definition) is 1. The summed E-state index contributed by atoms with van der Waals surface area (Å²) in [6.07, 6.45) is 4.41. The highest BCUT2D eigenvalue weighted by Crippen LogP contribution is 2.30. The maximum absolute atomic E-state index is 9.71. The Labute approximate surface area is 88.3 Å². The van der Waals surface area contributed by atoms with Crippen LogP contribution in [0.4, 0.5) is 0 Å². The molecule has 1 aliphatic carbocycles. The monoisotopic (exact) mass is 199 g/mol. The number of rotatable bonds is 4. The van der Waals surface area contributed by atoms with Gasteiger partial charge in [-0.05, 0) is 38.3 Å². The number of nitrogens with zero attached hydrogens (tertiary/aromatic N) is 1. The van der Waals surface area contributed by atoms with Crippen LogP contribution in [0, 0.1) is 5.92 Å². The zero-order valence-corrected chi connectivity index (χ0v) is 9.87.